The molecule has 3 aromatic rings. The Labute approximate surface area is 253 Å². The maximum absolute atomic E-state index is 14.0. The third-order valence-corrected chi connectivity index (χ3v) is 7.96. The van der Waals surface area contributed by atoms with Crippen LogP contribution in [0.15, 0.2) is 57.5 Å². The number of rotatable bonds is 11. The van der Waals surface area contributed by atoms with Crippen molar-refractivity contribution in [3.8, 4) is 11.5 Å². The van der Waals surface area contributed by atoms with E-state index in [1.54, 1.807) is 50.3 Å². The molecule has 0 saturated carbocycles. The lowest BCUT2D eigenvalue weighted by molar-refractivity contribution is -0.384. The van der Waals surface area contributed by atoms with Crippen LogP contribution >= 0.6 is 11.3 Å². The molecule has 12 heteroatoms. The summed E-state index contributed by atoms with van der Waals surface area (Å²) < 4.78 is 18.6. The maximum atomic E-state index is 14.0. The van der Waals surface area contributed by atoms with Crippen molar-refractivity contribution < 1.29 is 23.9 Å². The van der Waals surface area contributed by atoms with Crippen molar-refractivity contribution in [1.82, 2.24) is 4.57 Å². The molecule has 1 atom stereocenters. The van der Waals surface area contributed by atoms with Crippen molar-refractivity contribution in [2.75, 3.05) is 31.7 Å². The number of nitro groups is 1. The molecule has 0 N–H and O–H groups in total. The highest BCUT2D eigenvalue weighted by molar-refractivity contribution is 7.07. The van der Waals surface area contributed by atoms with Gasteiger partial charge < -0.3 is 19.1 Å². The molecule has 1 aromatic heterocycles. The van der Waals surface area contributed by atoms with E-state index in [2.05, 4.69) is 4.99 Å². The van der Waals surface area contributed by atoms with Crippen LogP contribution < -0.4 is 29.3 Å². The molecule has 0 radical (unpaired) electrons. The minimum atomic E-state index is -0.848. The van der Waals surface area contributed by atoms with Crippen LogP contribution in [0.2, 0.25) is 0 Å². The van der Waals surface area contributed by atoms with E-state index in [9.17, 15) is 19.7 Å². The number of ether oxygens (including phenoxy) is 3. The fourth-order valence-corrected chi connectivity index (χ4v) is 6.12. The summed E-state index contributed by atoms with van der Waals surface area (Å²) in [4.78, 5) is 45.6. The van der Waals surface area contributed by atoms with Gasteiger partial charge >= 0.3 is 5.97 Å². The Balaban J connectivity index is 1.92. The van der Waals surface area contributed by atoms with Crippen molar-refractivity contribution in [3.63, 3.8) is 0 Å². The maximum Gasteiger partial charge on any atom is 0.338 e. The Morgan fingerprint density at radius 3 is 2.49 bits per heavy atom. The van der Waals surface area contributed by atoms with Gasteiger partial charge in [-0.05, 0) is 76.9 Å². The van der Waals surface area contributed by atoms with Gasteiger partial charge in [0.25, 0.3) is 11.2 Å². The minimum Gasteiger partial charge on any atom is -0.493 e. The van der Waals surface area contributed by atoms with Gasteiger partial charge in [-0.3, -0.25) is 19.5 Å². The molecule has 228 valence electrons. The quantitative estimate of drug-likeness (QED) is 0.179. The van der Waals surface area contributed by atoms with Crippen LogP contribution in [0.5, 0.6) is 11.5 Å². The second-order valence-corrected chi connectivity index (χ2v) is 11.1. The molecule has 0 amide bonds. The van der Waals surface area contributed by atoms with Gasteiger partial charge in [-0.15, -0.1) is 0 Å². The molecule has 1 aliphatic heterocycles. The molecule has 0 spiro atoms. The van der Waals surface area contributed by atoms with E-state index >= 15 is 0 Å². The number of fused-ring (bicyclic) bond motifs is 1. The molecular weight excluding hydrogens is 572 g/mol. The zero-order valence-electron chi connectivity index (χ0n) is 25.4. The number of nitro benzene ring substituents is 1. The van der Waals surface area contributed by atoms with E-state index in [-0.39, 0.29) is 29.5 Å². The summed E-state index contributed by atoms with van der Waals surface area (Å²) in [6.07, 6.45) is 1.52. The summed E-state index contributed by atoms with van der Waals surface area (Å²) in [5.74, 6) is 0.403. The molecule has 11 nitrogen and oxygen atoms in total. The van der Waals surface area contributed by atoms with E-state index < -0.39 is 16.9 Å². The average molecular weight is 609 g/mol. The van der Waals surface area contributed by atoms with E-state index in [0.717, 1.165) is 11.3 Å². The van der Waals surface area contributed by atoms with Gasteiger partial charge in [-0.1, -0.05) is 23.5 Å². The summed E-state index contributed by atoms with van der Waals surface area (Å²) in [5.41, 5.74) is 1.86. The molecule has 0 bridgehead atoms. The first-order valence-corrected chi connectivity index (χ1v) is 14.9. The van der Waals surface area contributed by atoms with Crippen molar-refractivity contribution in [2.45, 2.75) is 53.7 Å². The van der Waals surface area contributed by atoms with Gasteiger partial charge in [0.1, 0.15) is 5.69 Å². The predicted octanol–water partition coefficient (Wildman–Crippen LogP) is 4.35. The number of hydrogen-bond donors (Lipinski definition) is 0. The van der Waals surface area contributed by atoms with Crippen LogP contribution in [0.1, 0.15) is 58.7 Å². The molecule has 2 heterocycles. The van der Waals surface area contributed by atoms with Crippen molar-refractivity contribution in [1.29, 1.82) is 0 Å². The first-order chi connectivity index (χ1) is 20.5. The van der Waals surface area contributed by atoms with E-state index in [4.69, 9.17) is 14.2 Å². The van der Waals surface area contributed by atoms with Crippen LogP contribution in [-0.4, -0.2) is 48.4 Å². The molecule has 0 aliphatic carbocycles. The smallest absolute Gasteiger partial charge is 0.338 e. The zero-order valence-corrected chi connectivity index (χ0v) is 26.2. The topological polar surface area (TPSA) is 126 Å². The number of hydrogen-bond acceptors (Lipinski definition) is 10. The fourth-order valence-electron chi connectivity index (χ4n) is 5.07. The highest BCUT2D eigenvalue weighted by Gasteiger charge is 2.34. The number of methoxy groups -OCH3 is 1. The Morgan fingerprint density at radius 1 is 1.16 bits per heavy atom. The van der Waals surface area contributed by atoms with Crippen LogP contribution in [0, 0.1) is 10.1 Å². The average Bonchev–Trinajstić information content (AvgIpc) is 3.27. The van der Waals surface area contributed by atoms with Gasteiger partial charge in [0.15, 0.2) is 16.3 Å². The normalized spacial score (nSPS) is 14.8. The summed E-state index contributed by atoms with van der Waals surface area (Å²) in [6, 6.07) is 9.35. The van der Waals surface area contributed by atoms with Gasteiger partial charge in [-0.25, -0.2) is 9.79 Å². The van der Waals surface area contributed by atoms with Crippen LogP contribution in [0.25, 0.3) is 6.08 Å². The molecule has 2 aromatic carbocycles. The predicted molar refractivity (Wildman–Crippen MR) is 166 cm³/mol. The summed E-state index contributed by atoms with van der Waals surface area (Å²) in [7, 11) is 1.52. The number of aromatic nitrogens is 1. The number of allylic oxidation sites excluding steroid dienone is 1. The first-order valence-electron chi connectivity index (χ1n) is 14.1. The number of carbonyl (C=O) groups excluding carboxylic acids is 1. The summed E-state index contributed by atoms with van der Waals surface area (Å²) >= 11 is 1.15. The van der Waals surface area contributed by atoms with Crippen LogP contribution in [0.3, 0.4) is 0 Å². The Kier molecular flexibility index (Phi) is 9.70. The standard InChI is InChI=1S/C31H36N4O7S/c1-8-33(9-2)22-13-11-20(15-23(22)35(38)39)16-26-29(36)34-28(21-12-14-24(42-18(4)5)25(17-21)40-7)27(30(37)41-10-3)19(6)32-31(34)43-26/h11-18,28H,8-10H2,1-7H3. The van der Waals surface area contributed by atoms with E-state index in [1.165, 1.54) is 17.7 Å². The van der Waals surface area contributed by atoms with Crippen molar-refractivity contribution >= 4 is 34.8 Å². The van der Waals surface area contributed by atoms with Gasteiger partial charge in [0, 0.05) is 19.2 Å². The third kappa shape index (κ3) is 6.34. The Bertz CT molecular complexity index is 1750. The molecule has 0 fully saturated rings. The Hall–Kier alpha value is -4.45. The lowest BCUT2D eigenvalue weighted by atomic mass is 9.95. The SMILES string of the molecule is CCOC(=O)C1=C(C)N=c2sc(=Cc3ccc(N(CC)CC)c([N+](=O)[O-])c3)c(=O)n2C1c1ccc(OC(C)C)c(OC)c1. The monoisotopic (exact) mass is 608 g/mol. The van der Waals surface area contributed by atoms with Crippen LogP contribution in [0.4, 0.5) is 11.4 Å². The zero-order chi connectivity index (χ0) is 31.4. The second kappa shape index (κ2) is 13.2. The summed E-state index contributed by atoms with van der Waals surface area (Å²) in [5, 5.41) is 11.9. The number of anilines is 1. The number of esters is 1. The molecular formula is C31H36N4O7S. The Morgan fingerprint density at radius 2 is 1.88 bits per heavy atom. The van der Waals surface area contributed by atoms with Gasteiger partial charge in [0.2, 0.25) is 0 Å². The molecule has 0 saturated heterocycles. The van der Waals surface area contributed by atoms with Gasteiger partial charge in [0.05, 0.1) is 46.6 Å². The number of nitrogens with zero attached hydrogens (tertiary/aromatic N) is 4. The largest absolute Gasteiger partial charge is 0.493 e. The number of benzene rings is 2. The van der Waals surface area contributed by atoms with E-state index in [1.807, 2.05) is 32.6 Å². The number of thiazole rings is 1. The highest BCUT2D eigenvalue weighted by Crippen LogP contribution is 2.36. The van der Waals surface area contributed by atoms with Crippen molar-refractivity contribution in [3.05, 3.63) is 88.6 Å². The lowest BCUT2D eigenvalue weighted by Gasteiger charge is -2.25. The lowest BCUT2D eigenvalue weighted by Crippen LogP contribution is -2.40. The van der Waals surface area contributed by atoms with Gasteiger partial charge in [-0.2, -0.15) is 0 Å². The number of carbonyl (C=O) groups is 1. The fraction of sp³-hybridized carbons (Fsp3) is 0.387. The van der Waals surface area contributed by atoms with Crippen molar-refractivity contribution in [2.24, 2.45) is 4.99 Å². The highest BCUT2D eigenvalue weighted by atomic mass is 32.1. The molecule has 1 unspecified atom stereocenters. The minimum absolute atomic E-state index is 0.0423. The summed E-state index contributed by atoms with van der Waals surface area (Å²) in [6.45, 7) is 12.5. The second-order valence-electron chi connectivity index (χ2n) is 10.1. The molecule has 1 aliphatic rings. The first kappa shape index (κ1) is 31.5. The molecule has 43 heavy (non-hydrogen) atoms. The third-order valence-electron chi connectivity index (χ3n) is 6.98. The molecule has 4 rings (SSSR count). The van der Waals surface area contributed by atoms with Crippen LogP contribution in [-0.2, 0) is 9.53 Å². The van der Waals surface area contributed by atoms with E-state index in [0.29, 0.717) is 56.4 Å².